The molecule has 1 rings (SSSR count). The van der Waals surface area contributed by atoms with Gasteiger partial charge >= 0.3 is 12.1 Å². The average Bonchev–Trinajstić information content (AvgIpc) is 2.53. The maximum absolute atomic E-state index is 12.6. The summed E-state index contributed by atoms with van der Waals surface area (Å²) in [4.78, 5) is 12.4. The van der Waals surface area contributed by atoms with Crippen LogP contribution in [-0.2, 0) is 4.79 Å². The average molecular weight is 253 g/mol. The van der Waals surface area contributed by atoms with Gasteiger partial charge < -0.3 is 5.11 Å². The Bertz CT molecular complexity index is 280. The van der Waals surface area contributed by atoms with E-state index in [-0.39, 0.29) is 12.1 Å². The molecule has 1 saturated heterocycles. The van der Waals surface area contributed by atoms with Gasteiger partial charge in [-0.1, -0.05) is 6.92 Å². The third kappa shape index (κ3) is 3.34. The predicted octanol–water partition coefficient (Wildman–Crippen LogP) is 2.51. The van der Waals surface area contributed by atoms with E-state index in [1.54, 1.807) is 4.90 Å². The summed E-state index contributed by atoms with van der Waals surface area (Å²) in [5.74, 6) is -4.07. The number of halogens is 3. The first-order chi connectivity index (χ1) is 7.77. The first-order valence-electron chi connectivity index (χ1n) is 5.82. The second-order valence-corrected chi connectivity index (χ2v) is 4.62. The molecule has 0 bridgehead atoms. The van der Waals surface area contributed by atoms with Gasteiger partial charge in [0.15, 0.2) is 5.92 Å². The molecule has 0 aromatic rings. The van der Waals surface area contributed by atoms with Crippen LogP contribution in [-0.4, -0.2) is 40.8 Å². The van der Waals surface area contributed by atoms with Crippen molar-refractivity contribution in [2.24, 2.45) is 5.92 Å². The summed E-state index contributed by atoms with van der Waals surface area (Å²) in [7, 11) is 0. The standard InChI is InChI=1S/C11H18F3NO2/c1-3-8-5-4-7(2)15(8)6-9(10(16)17)11(12,13)14/h7-9H,3-6H2,1-2H3,(H,16,17). The lowest BCUT2D eigenvalue weighted by Gasteiger charge is -2.30. The molecule has 0 saturated carbocycles. The van der Waals surface area contributed by atoms with Gasteiger partial charge in [-0.15, -0.1) is 0 Å². The van der Waals surface area contributed by atoms with Crippen LogP contribution in [0.25, 0.3) is 0 Å². The molecule has 0 radical (unpaired) electrons. The van der Waals surface area contributed by atoms with E-state index in [1.807, 2.05) is 13.8 Å². The molecule has 1 fully saturated rings. The van der Waals surface area contributed by atoms with Crippen molar-refractivity contribution in [3.05, 3.63) is 0 Å². The van der Waals surface area contributed by atoms with Crippen molar-refractivity contribution < 1.29 is 23.1 Å². The minimum absolute atomic E-state index is 0.0316. The van der Waals surface area contributed by atoms with E-state index in [4.69, 9.17) is 5.11 Å². The number of rotatable bonds is 4. The minimum atomic E-state index is -4.67. The van der Waals surface area contributed by atoms with Crippen LogP contribution in [0.5, 0.6) is 0 Å². The van der Waals surface area contributed by atoms with Crippen LogP contribution in [0.1, 0.15) is 33.1 Å². The van der Waals surface area contributed by atoms with E-state index in [1.165, 1.54) is 0 Å². The fourth-order valence-corrected chi connectivity index (χ4v) is 2.43. The molecule has 0 aliphatic carbocycles. The third-order valence-electron chi connectivity index (χ3n) is 3.51. The highest BCUT2D eigenvalue weighted by Crippen LogP contribution is 2.32. The van der Waals surface area contributed by atoms with Gasteiger partial charge in [-0.2, -0.15) is 13.2 Å². The second kappa shape index (κ2) is 5.25. The smallest absolute Gasteiger partial charge is 0.403 e. The van der Waals surface area contributed by atoms with Gasteiger partial charge in [0.1, 0.15) is 0 Å². The topological polar surface area (TPSA) is 40.5 Å². The van der Waals surface area contributed by atoms with Crippen molar-refractivity contribution in [2.45, 2.75) is 51.4 Å². The first-order valence-corrected chi connectivity index (χ1v) is 5.82. The van der Waals surface area contributed by atoms with Crippen LogP contribution in [0.2, 0.25) is 0 Å². The molecule has 1 N–H and O–H groups in total. The van der Waals surface area contributed by atoms with E-state index in [9.17, 15) is 18.0 Å². The van der Waals surface area contributed by atoms with Crippen molar-refractivity contribution in [1.29, 1.82) is 0 Å². The predicted molar refractivity (Wildman–Crippen MR) is 56.7 cm³/mol. The molecule has 3 atom stereocenters. The highest BCUT2D eigenvalue weighted by atomic mass is 19.4. The maximum Gasteiger partial charge on any atom is 0.403 e. The van der Waals surface area contributed by atoms with Crippen molar-refractivity contribution in [1.82, 2.24) is 4.90 Å². The van der Waals surface area contributed by atoms with Gasteiger partial charge in [0.25, 0.3) is 0 Å². The van der Waals surface area contributed by atoms with Crippen molar-refractivity contribution >= 4 is 5.97 Å². The van der Waals surface area contributed by atoms with Gasteiger partial charge in [0, 0.05) is 18.6 Å². The monoisotopic (exact) mass is 253 g/mol. The number of carbonyl (C=O) groups is 1. The number of carboxylic acids is 1. The highest BCUT2D eigenvalue weighted by Gasteiger charge is 2.47. The number of nitrogens with zero attached hydrogens (tertiary/aromatic N) is 1. The fraction of sp³-hybridized carbons (Fsp3) is 0.909. The molecule has 1 aliphatic heterocycles. The summed E-state index contributed by atoms with van der Waals surface area (Å²) in [6.07, 6.45) is -2.23. The SMILES string of the molecule is CCC1CCC(C)N1CC(C(=O)O)C(F)(F)F. The molecule has 1 heterocycles. The fourth-order valence-electron chi connectivity index (χ4n) is 2.43. The lowest BCUT2D eigenvalue weighted by Crippen LogP contribution is -2.45. The quantitative estimate of drug-likeness (QED) is 0.837. The van der Waals surface area contributed by atoms with Crippen molar-refractivity contribution in [2.75, 3.05) is 6.54 Å². The molecule has 0 aromatic heterocycles. The van der Waals surface area contributed by atoms with E-state index in [2.05, 4.69) is 0 Å². The summed E-state index contributed by atoms with van der Waals surface area (Å²) in [5.41, 5.74) is 0. The summed E-state index contributed by atoms with van der Waals surface area (Å²) >= 11 is 0. The number of likely N-dealkylation sites (tertiary alicyclic amines) is 1. The molecular weight excluding hydrogens is 235 g/mol. The lowest BCUT2D eigenvalue weighted by molar-refractivity contribution is -0.197. The number of hydrogen-bond donors (Lipinski definition) is 1. The summed E-state index contributed by atoms with van der Waals surface area (Å²) in [6, 6.07) is 0.110. The van der Waals surface area contributed by atoms with E-state index in [0.717, 1.165) is 19.3 Å². The van der Waals surface area contributed by atoms with Crippen LogP contribution < -0.4 is 0 Å². The second-order valence-electron chi connectivity index (χ2n) is 4.62. The molecule has 0 spiro atoms. The molecule has 3 nitrogen and oxygen atoms in total. The number of alkyl halides is 3. The summed E-state index contributed by atoms with van der Waals surface area (Å²) < 4.78 is 37.7. The number of carboxylic acid groups (broad SMARTS) is 1. The Morgan fingerprint density at radius 1 is 1.47 bits per heavy atom. The molecule has 1 aliphatic rings. The largest absolute Gasteiger partial charge is 0.481 e. The first kappa shape index (κ1) is 14.3. The third-order valence-corrected chi connectivity index (χ3v) is 3.51. The van der Waals surface area contributed by atoms with Crippen LogP contribution in [0.3, 0.4) is 0 Å². The van der Waals surface area contributed by atoms with Gasteiger partial charge in [0.05, 0.1) is 0 Å². The summed E-state index contributed by atoms with van der Waals surface area (Å²) in [5, 5.41) is 8.67. The Morgan fingerprint density at radius 2 is 2.06 bits per heavy atom. The van der Waals surface area contributed by atoms with Gasteiger partial charge in [-0.3, -0.25) is 9.69 Å². The zero-order valence-electron chi connectivity index (χ0n) is 10.00. The molecule has 6 heteroatoms. The lowest BCUT2D eigenvalue weighted by atomic mass is 10.1. The van der Waals surface area contributed by atoms with Crippen LogP contribution in [0.15, 0.2) is 0 Å². The van der Waals surface area contributed by atoms with Crippen LogP contribution >= 0.6 is 0 Å². The zero-order chi connectivity index (χ0) is 13.2. The molecule has 3 unspecified atom stereocenters. The molecule has 100 valence electrons. The Hall–Kier alpha value is -0.780. The minimum Gasteiger partial charge on any atom is -0.481 e. The highest BCUT2D eigenvalue weighted by molar-refractivity contribution is 5.71. The Morgan fingerprint density at radius 3 is 2.47 bits per heavy atom. The van der Waals surface area contributed by atoms with E-state index >= 15 is 0 Å². The van der Waals surface area contributed by atoms with Gasteiger partial charge in [0.2, 0.25) is 0 Å². The molecule has 0 amide bonds. The van der Waals surface area contributed by atoms with E-state index in [0.29, 0.717) is 0 Å². The van der Waals surface area contributed by atoms with Crippen molar-refractivity contribution in [3.63, 3.8) is 0 Å². The molecule has 0 aromatic carbocycles. The summed E-state index contributed by atoms with van der Waals surface area (Å²) in [6.45, 7) is 3.34. The Labute approximate surface area is 98.6 Å². The van der Waals surface area contributed by atoms with Gasteiger partial charge in [-0.05, 0) is 26.2 Å². The van der Waals surface area contributed by atoms with Gasteiger partial charge in [-0.25, -0.2) is 0 Å². The van der Waals surface area contributed by atoms with Crippen molar-refractivity contribution in [3.8, 4) is 0 Å². The zero-order valence-corrected chi connectivity index (χ0v) is 10.00. The Kier molecular flexibility index (Phi) is 4.41. The van der Waals surface area contributed by atoms with Crippen LogP contribution in [0, 0.1) is 5.92 Å². The Balaban J connectivity index is 2.76. The number of hydrogen-bond acceptors (Lipinski definition) is 2. The number of aliphatic carboxylic acids is 1. The van der Waals surface area contributed by atoms with E-state index < -0.39 is 24.6 Å². The maximum atomic E-state index is 12.6. The normalized spacial score (nSPS) is 28.3. The van der Waals surface area contributed by atoms with Crippen LogP contribution in [0.4, 0.5) is 13.2 Å². The molecular formula is C11H18F3NO2. The molecule has 17 heavy (non-hydrogen) atoms.